The molecule has 0 aliphatic carbocycles. The minimum absolute atomic E-state index is 0.352. The summed E-state index contributed by atoms with van der Waals surface area (Å²) in [6.45, 7) is 6.57. The molecule has 1 atom stereocenters. The average Bonchev–Trinajstić information content (AvgIpc) is 2.52. The van der Waals surface area contributed by atoms with Gasteiger partial charge in [-0.15, -0.1) is 6.58 Å². The first-order valence-electron chi connectivity index (χ1n) is 3.70. The lowest BCUT2D eigenvalue weighted by Gasteiger charge is -2.06. The predicted molar refractivity (Wildman–Crippen MR) is 45.2 cm³/mol. The molecule has 0 aliphatic rings. The van der Waals surface area contributed by atoms with Crippen LogP contribution >= 0.6 is 0 Å². The summed E-state index contributed by atoms with van der Waals surface area (Å²) in [4.78, 5) is 0. The summed E-state index contributed by atoms with van der Waals surface area (Å²) in [6, 6.07) is 2.30. The molecule has 0 amide bonds. The number of hydrogen-bond donors (Lipinski definition) is 1. The summed E-state index contributed by atoms with van der Waals surface area (Å²) in [5.74, 6) is 0. The van der Waals surface area contributed by atoms with Crippen molar-refractivity contribution in [2.45, 2.75) is 19.5 Å². The van der Waals surface area contributed by atoms with Gasteiger partial charge in [0.1, 0.15) is 0 Å². The first-order chi connectivity index (χ1) is 5.33. The van der Waals surface area contributed by atoms with E-state index in [0.717, 1.165) is 6.54 Å². The van der Waals surface area contributed by atoms with Gasteiger partial charge in [-0.3, -0.25) is 0 Å². The fraction of sp³-hybridized carbons (Fsp3) is 0.333. The van der Waals surface area contributed by atoms with E-state index < -0.39 is 0 Å². The third-order valence-corrected chi connectivity index (χ3v) is 1.56. The topological polar surface area (TPSA) is 25.2 Å². The van der Waals surface area contributed by atoms with Crippen molar-refractivity contribution in [3.8, 4) is 0 Å². The van der Waals surface area contributed by atoms with Crippen LogP contribution in [0.25, 0.3) is 0 Å². The molecule has 1 N–H and O–H groups in total. The van der Waals surface area contributed by atoms with Gasteiger partial charge in [-0.1, -0.05) is 6.08 Å². The van der Waals surface area contributed by atoms with Crippen molar-refractivity contribution in [1.29, 1.82) is 0 Å². The maximum absolute atomic E-state index is 4.91. The SMILES string of the molecule is C=CC(C)NCc1ccoc1. The molecule has 0 saturated carbocycles. The standard InChI is InChI=1S/C9H13NO/c1-3-8(2)10-6-9-4-5-11-7-9/h3-5,7-8,10H,1,6H2,2H3. The van der Waals surface area contributed by atoms with E-state index in [0.29, 0.717) is 6.04 Å². The lowest BCUT2D eigenvalue weighted by atomic mass is 10.3. The normalized spacial score (nSPS) is 12.8. The first kappa shape index (κ1) is 8.08. The van der Waals surface area contributed by atoms with Crippen molar-refractivity contribution in [2.75, 3.05) is 0 Å². The second-order valence-electron chi connectivity index (χ2n) is 2.54. The summed E-state index contributed by atoms with van der Waals surface area (Å²) >= 11 is 0. The second kappa shape index (κ2) is 3.98. The van der Waals surface area contributed by atoms with Crippen molar-refractivity contribution < 1.29 is 4.42 Å². The van der Waals surface area contributed by atoms with E-state index in [9.17, 15) is 0 Å². The fourth-order valence-corrected chi connectivity index (χ4v) is 0.755. The lowest BCUT2D eigenvalue weighted by Crippen LogP contribution is -2.22. The van der Waals surface area contributed by atoms with Crippen LogP contribution < -0.4 is 5.32 Å². The average molecular weight is 151 g/mol. The van der Waals surface area contributed by atoms with Gasteiger partial charge in [0.05, 0.1) is 12.5 Å². The molecule has 1 aromatic heterocycles. The molecule has 0 fully saturated rings. The van der Waals surface area contributed by atoms with Crippen molar-refractivity contribution >= 4 is 0 Å². The molecule has 1 rings (SSSR count). The van der Waals surface area contributed by atoms with Crippen molar-refractivity contribution in [1.82, 2.24) is 5.32 Å². The van der Waals surface area contributed by atoms with Crippen LogP contribution in [0.1, 0.15) is 12.5 Å². The summed E-state index contributed by atoms with van der Waals surface area (Å²) in [5.41, 5.74) is 1.17. The van der Waals surface area contributed by atoms with E-state index in [2.05, 4.69) is 18.8 Å². The minimum Gasteiger partial charge on any atom is -0.472 e. The largest absolute Gasteiger partial charge is 0.472 e. The predicted octanol–water partition coefficient (Wildman–Crippen LogP) is 1.94. The van der Waals surface area contributed by atoms with Crippen LogP contribution in [0.4, 0.5) is 0 Å². The van der Waals surface area contributed by atoms with Gasteiger partial charge in [-0.25, -0.2) is 0 Å². The lowest BCUT2D eigenvalue weighted by molar-refractivity contribution is 0.557. The van der Waals surface area contributed by atoms with Crippen molar-refractivity contribution in [3.63, 3.8) is 0 Å². The van der Waals surface area contributed by atoms with E-state index in [4.69, 9.17) is 4.42 Å². The van der Waals surface area contributed by atoms with Crippen molar-refractivity contribution in [3.05, 3.63) is 36.8 Å². The number of furan rings is 1. The van der Waals surface area contributed by atoms with E-state index in [-0.39, 0.29) is 0 Å². The van der Waals surface area contributed by atoms with Crippen LogP contribution in [-0.2, 0) is 6.54 Å². The third kappa shape index (κ3) is 2.60. The molecule has 60 valence electrons. The van der Waals surface area contributed by atoms with Crippen LogP contribution in [0.2, 0.25) is 0 Å². The Bertz CT molecular complexity index is 203. The number of nitrogens with one attached hydrogen (secondary N) is 1. The van der Waals surface area contributed by atoms with Crippen molar-refractivity contribution in [2.24, 2.45) is 0 Å². The number of rotatable bonds is 4. The Morgan fingerprint density at radius 2 is 2.64 bits per heavy atom. The summed E-state index contributed by atoms with van der Waals surface area (Å²) in [6.07, 6.45) is 5.29. The van der Waals surface area contributed by atoms with Gasteiger partial charge in [-0.2, -0.15) is 0 Å². The Morgan fingerprint density at radius 1 is 1.82 bits per heavy atom. The van der Waals surface area contributed by atoms with Crippen LogP contribution in [0.5, 0.6) is 0 Å². The molecule has 11 heavy (non-hydrogen) atoms. The molecule has 2 nitrogen and oxygen atoms in total. The summed E-state index contributed by atoms with van der Waals surface area (Å²) in [5, 5.41) is 3.26. The highest BCUT2D eigenvalue weighted by Gasteiger charge is 1.95. The molecular formula is C9H13NO. The van der Waals surface area contributed by atoms with Gasteiger partial charge >= 0.3 is 0 Å². The van der Waals surface area contributed by atoms with Crippen LogP contribution in [0.3, 0.4) is 0 Å². The maximum atomic E-state index is 4.91. The van der Waals surface area contributed by atoms with Crippen LogP contribution in [0.15, 0.2) is 35.7 Å². The van der Waals surface area contributed by atoms with E-state index in [1.807, 2.05) is 12.1 Å². The van der Waals surface area contributed by atoms with Gasteiger partial charge in [-0.05, 0) is 13.0 Å². The molecule has 0 aromatic carbocycles. The van der Waals surface area contributed by atoms with Crippen LogP contribution in [0, 0.1) is 0 Å². The zero-order valence-corrected chi connectivity index (χ0v) is 6.71. The first-order valence-corrected chi connectivity index (χ1v) is 3.70. The molecule has 0 bridgehead atoms. The van der Waals surface area contributed by atoms with Gasteiger partial charge in [0, 0.05) is 18.2 Å². The maximum Gasteiger partial charge on any atom is 0.0947 e. The fourth-order valence-electron chi connectivity index (χ4n) is 0.755. The summed E-state index contributed by atoms with van der Waals surface area (Å²) in [7, 11) is 0. The third-order valence-electron chi connectivity index (χ3n) is 1.56. The number of hydrogen-bond acceptors (Lipinski definition) is 2. The molecule has 1 heterocycles. The Kier molecular flexibility index (Phi) is 2.93. The van der Waals surface area contributed by atoms with Gasteiger partial charge in [0.15, 0.2) is 0 Å². The Hall–Kier alpha value is -1.02. The summed E-state index contributed by atoms with van der Waals surface area (Å²) < 4.78 is 4.91. The molecule has 2 heteroatoms. The second-order valence-corrected chi connectivity index (χ2v) is 2.54. The Balaban J connectivity index is 2.28. The van der Waals surface area contributed by atoms with Gasteiger partial charge in [0.25, 0.3) is 0 Å². The molecule has 1 aromatic rings. The quantitative estimate of drug-likeness (QED) is 0.665. The molecule has 0 spiro atoms. The van der Waals surface area contributed by atoms with E-state index in [1.54, 1.807) is 12.5 Å². The van der Waals surface area contributed by atoms with Gasteiger partial charge < -0.3 is 9.73 Å². The van der Waals surface area contributed by atoms with Gasteiger partial charge in [0.2, 0.25) is 0 Å². The highest BCUT2D eigenvalue weighted by Crippen LogP contribution is 1.99. The highest BCUT2D eigenvalue weighted by molar-refractivity contribution is 5.05. The molecule has 0 saturated heterocycles. The zero-order chi connectivity index (χ0) is 8.10. The monoisotopic (exact) mass is 151 g/mol. The minimum atomic E-state index is 0.352. The Labute approximate surface area is 66.9 Å². The Morgan fingerprint density at radius 3 is 3.18 bits per heavy atom. The smallest absolute Gasteiger partial charge is 0.0947 e. The van der Waals surface area contributed by atoms with E-state index in [1.165, 1.54) is 5.56 Å². The van der Waals surface area contributed by atoms with Crippen LogP contribution in [-0.4, -0.2) is 6.04 Å². The highest BCUT2D eigenvalue weighted by atomic mass is 16.3. The molecular weight excluding hydrogens is 138 g/mol. The molecule has 0 aliphatic heterocycles. The zero-order valence-electron chi connectivity index (χ0n) is 6.71. The molecule has 0 radical (unpaired) electrons. The van der Waals surface area contributed by atoms with E-state index >= 15 is 0 Å². The molecule has 1 unspecified atom stereocenters.